The van der Waals surface area contributed by atoms with E-state index in [9.17, 15) is 4.79 Å². The van der Waals surface area contributed by atoms with Crippen LogP contribution in [0.3, 0.4) is 0 Å². The molecule has 0 bridgehead atoms. The quantitative estimate of drug-likeness (QED) is 0.904. The summed E-state index contributed by atoms with van der Waals surface area (Å²) in [6, 6.07) is 10.5. The van der Waals surface area contributed by atoms with Gasteiger partial charge in [0.25, 0.3) is 5.91 Å². The number of pyridine rings is 1. The third-order valence-electron chi connectivity index (χ3n) is 3.04. The van der Waals surface area contributed by atoms with Gasteiger partial charge in [-0.25, -0.2) is 4.98 Å². The summed E-state index contributed by atoms with van der Waals surface area (Å²) in [5.74, 6) is 1.69. The molecule has 0 radical (unpaired) electrons. The van der Waals surface area contributed by atoms with Crippen molar-refractivity contribution in [2.45, 2.75) is 0 Å². The van der Waals surface area contributed by atoms with Crippen LogP contribution in [0, 0.1) is 0 Å². The highest BCUT2D eigenvalue weighted by molar-refractivity contribution is 6.03. The summed E-state index contributed by atoms with van der Waals surface area (Å²) in [7, 11) is 1.75. The number of anilines is 2. The maximum absolute atomic E-state index is 12.2. The normalized spacial score (nSPS) is 12.6. The summed E-state index contributed by atoms with van der Waals surface area (Å²) in [5, 5.41) is 5.69. The van der Waals surface area contributed by atoms with Crippen molar-refractivity contribution in [1.82, 2.24) is 4.98 Å². The lowest BCUT2D eigenvalue weighted by Crippen LogP contribution is -2.17. The van der Waals surface area contributed by atoms with Gasteiger partial charge in [-0.1, -0.05) is 6.07 Å². The molecular weight excluding hydrogens is 270 g/mol. The minimum Gasteiger partial charge on any atom is -0.486 e. The minimum atomic E-state index is -0.274. The van der Waals surface area contributed by atoms with E-state index in [0.717, 1.165) is 0 Å². The Morgan fingerprint density at radius 2 is 1.95 bits per heavy atom. The van der Waals surface area contributed by atoms with Crippen LogP contribution in [0.15, 0.2) is 36.4 Å². The number of nitrogens with one attached hydrogen (secondary N) is 2. The lowest BCUT2D eigenvalue weighted by Gasteiger charge is -2.19. The van der Waals surface area contributed by atoms with Crippen molar-refractivity contribution in [3.63, 3.8) is 0 Å². The summed E-state index contributed by atoms with van der Waals surface area (Å²) in [6.45, 7) is 1.05. The Hall–Kier alpha value is -2.76. The van der Waals surface area contributed by atoms with Gasteiger partial charge in [0.2, 0.25) is 0 Å². The zero-order chi connectivity index (χ0) is 14.7. The van der Waals surface area contributed by atoms with Crippen LogP contribution < -0.4 is 20.1 Å². The molecule has 0 spiro atoms. The molecule has 6 heteroatoms. The molecule has 1 aromatic carbocycles. The van der Waals surface area contributed by atoms with Crippen molar-refractivity contribution in [2.75, 3.05) is 30.9 Å². The maximum atomic E-state index is 12.2. The van der Waals surface area contributed by atoms with Gasteiger partial charge in [-0.2, -0.15) is 0 Å². The molecule has 1 aliphatic rings. The van der Waals surface area contributed by atoms with Crippen LogP contribution in [-0.2, 0) is 0 Å². The van der Waals surface area contributed by atoms with E-state index in [-0.39, 0.29) is 5.91 Å². The number of amides is 1. The van der Waals surface area contributed by atoms with Crippen LogP contribution >= 0.6 is 0 Å². The molecule has 1 amide bonds. The van der Waals surface area contributed by atoms with Gasteiger partial charge in [0.1, 0.15) is 24.7 Å². The molecule has 1 aromatic heterocycles. The molecule has 108 valence electrons. The van der Waals surface area contributed by atoms with Crippen LogP contribution in [0.25, 0.3) is 0 Å². The second-order valence-electron chi connectivity index (χ2n) is 4.47. The zero-order valence-corrected chi connectivity index (χ0v) is 11.6. The Labute approximate surface area is 122 Å². The Morgan fingerprint density at radius 3 is 2.76 bits per heavy atom. The zero-order valence-electron chi connectivity index (χ0n) is 11.6. The largest absolute Gasteiger partial charge is 0.486 e. The van der Waals surface area contributed by atoms with Gasteiger partial charge in [-0.15, -0.1) is 0 Å². The van der Waals surface area contributed by atoms with Crippen LogP contribution in [0.4, 0.5) is 11.5 Å². The van der Waals surface area contributed by atoms with Crippen LogP contribution in [-0.4, -0.2) is 31.2 Å². The molecule has 2 N–H and O–H groups in total. The fourth-order valence-electron chi connectivity index (χ4n) is 2.02. The van der Waals surface area contributed by atoms with Gasteiger partial charge in [0, 0.05) is 18.8 Å². The van der Waals surface area contributed by atoms with Gasteiger partial charge in [-0.3, -0.25) is 4.79 Å². The molecule has 6 nitrogen and oxygen atoms in total. The molecule has 0 atom stereocenters. The summed E-state index contributed by atoms with van der Waals surface area (Å²) in [4.78, 5) is 16.4. The topological polar surface area (TPSA) is 72.5 Å². The SMILES string of the molecule is CNc1cccc(C(=O)Nc2ccc3c(c2)OCCO3)n1. The van der Waals surface area contributed by atoms with Crippen LogP contribution in [0.2, 0.25) is 0 Å². The van der Waals surface area contributed by atoms with Crippen molar-refractivity contribution in [3.05, 3.63) is 42.1 Å². The summed E-state index contributed by atoms with van der Waals surface area (Å²) >= 11 is 0. The first-order valence-corrected chi connectivity index (χ1v) is 6.62. The molecule has 0 fully saturated rings. The Kier molecular flexibility index (Phi) is 3.59. The molecule has 21 heavy (non-hydrogen) atoms. The average molecular weight is 285 g/mol. The Balaban J connectivity index is 1.78. The van der Waals surface area contributed by atoms with E-state index in [1.807, 2.05) is 0 Å². The number of aromatic nitrogens is 1. The van der Waals surface area contributed by atoms with E-state index in [0.29, 0.717) is 41.9 Å². The van der Waals surface area contributed by atoms with Gasteiger partial charge >= 0.3 is 0 Å². The minimum absolute atomic E-state index is 0.274. The first-order valence-electron chi connectivity index (χ1n) is 6.62. The summed E-state index contributed by atoms with van der Waals surface area (Å²) in [5.41, 5.74) is 0.984. The standard InChI is InChI=1S/C15H15N3O3/c1-16-14-4-2-3-11(18-14)15(19)17-10-5-6-12-13(9-10)21-8-7-20-12/h2-6,9H,7-8H2,1H3,(H,16,18)(H,17,19). The van der Waals surface area contributed by atoms with E-state index in [1.54, 1.807) is 43.4 Å². The van der Waals surface area contributed by atoms with Gasteiger partial charge in [0.05, 0.1) is 0 Å². The maximum Gasteiger partial charge on any atom is 0.274 e. The van der Waals surface area contributed by atoms with E-state index in [4.69, 9.17) is 9.47 Å². The fraction of sp³-hybridized carbons (Fsp3) is 0.200. The van der Waals surface area contributed by atoms with E-state index in [2.05, 4.69) is 15.6 Å². The van der Waals surface area contributed by atoms with Crippen molar-refractivity contribution in [1.29, 1.82) is 0 Å². The molecule has 0 aliphatic carbocycles. The molecule has 3 rings (SSSR count). The number of ether oxygens (including phenoxy) is 2. The molecular formula is C15H15N3O3. The van der Waals surface area contributed by atoms with E-state index < -0.39 is 0 Å². The number of fused-ring (bicyclic) bond motifs is 1. The second-order valence-corrected chi connectivity index (χ2v) is 4.47. The number of hydrogen-bond acceptors (Lipinski definition) is 5. The first kappa shape index (κ1) is 13.2. The summed E-state index contributed by atoms with van der Waals surface area (Å²) < 4.78 is 10.9. The van der Waals surface area contributed by atoms with Crippen molar-refractivity contribution in [3.8, 4) is 11.5 Å². The summed E-state index contributed by atoms with van der Waals surface area (Å²) in [6.07, 6.45) is 0. The lowest BCUT2D eigenvalue weighted by molar-refractivity contribution is 0.102. The molecule has 0 saturated heterocycles. The van der Waals surface area contributed by atoms with Crippen molar-refractivity contribution < 1.29 is 14.3 Å². The van der Waals surface area contributed by atoms with Crippen molar-refractivity contribution in [2.24, 2.45) is 0 Å². The number of nitrogens with zero attached hydrogens (tertiary/aromatic N) is 1. The number of carbonyl (C=O) groups excluding carboxylic acids is 1. The predicted molar refractivity (Wildman–Crippen MR) is 79.2 cm³/mol. The van der Waals surface area contributed by atoms with Crippen LogP contribution in [0.5, 0.6) is 11.5 Å². The molecule has 0 saturated carbocycles. The van der Waals surface area contributed by atoms with E-state index >= 15 is 0 Å². The second kappa shape index (κ2) is 5.70. The monoisotopic (exact) mass is 285 g/mol. The third-order valence-corrected chi connectivity index (χ3v) is 3.04. The van der Waals surface area contributed by atoms with Crippen LogP contribution in [0.1, 0.15) is 10.5 Å². The number of rotatable bonds is 3. The third kappa shape index (κ3) is 2.89. The highest BCUT2D eigenvalue weighted by Crippen LogP contribution is 2.32. The highest BCUT2D eigenvalue weighted by Gasteiger charge is 2.14. The smallest absolute Gasteiger partial charge is 0.274 e. The number of hydrogen-bond donors (Lipinski definition) is 2. The fourth-order valence-corrected chi connectivity index (χ4v) is 2.02. The molecule has 2 heterocycles. The number of benzene rings is 1. The lowest BCUT2D eigenvalue weighted by atomic mass is 10.2. The van der Waals surface area contributed by atoms with E-state index in [1.165, 1.54) is 0 Å². The van der Waals surface area contributed by atoms with Crippen molar-refractivity contribution >= 4 is 17.4 Å². The predicted octanol–water partition coefficient (Wildman–Crippen LogP) is 2.15. The average Bonchev–Trinajstić information content (AvgIpc) is 2.54. The van der Waals surface area contributed by atoms with Gasteiger partial charge in [-0.05, 0) is 24.3 Å². The Morgan fingerprint density at radius 1 is 1.14 bits per heavy atom. The Bertz CT molecular complexity index is 673. The number of carbonyl (C=O) groups is 1. The van der Waals surface area contributed by atoms with Gasteiger partial charge in [0.15, 0.2) is 11.5 Å². The first-order chi connectivity index (χ1) is 10.3. The molecule has 2 aromatic rings. The van der Waals surface area contributed by atoms with Gasteiger partial charge < -0.3 is 20.1 Å². The molecule has 0 unspecified atom stereocenters. The molecule has 1 aliphatic heterocycles. The highest BCUT2D eigenvalue weighted by atomic mass is 16.6.